The van der Waals surface area contributed by atoms with Crippen molar-refractivity contribution in [3.05, 3.63) is 0 Å². The monoisotopic (exact) mass is 401 g/mol. The molecule has 0 saturated carbocycles. The third kappa shape index (κ3) is 9.42. The standard InChI is InChI=1S/C21H39NO6/c1-15(2)16(23)26-11-10-22-18(25)28-13-12-27-17(24)21(9,20(6,7)8)14-19(3,4)5/h15H,10-14H2,1-9H3,(H,22,25). The molecule has 0 aliphatic heterocycles. The van der Waals surface area contributed by atoms with E-state index in [-0.39, 0.29) is 55.1 Å². The van der Waals surface area contributed by atoms with Gasteiger partial charge in [-0.2, -0.15) is 0 Å². The lowest BCUT2D eigenvalue weighted by Crippen LogP contribution is -2.44. The molecule has 164 valence electrons. The maximum Gasteiger partial charge on any atom is 0.407 e. The van der Waals surface area contributed by atoms with E-state index in [0.29, 0.717) is 6.42 Å². The second-order valence-corrected chi connectivity index (χ2v) is 9.84. The van der Waals surface area contributed by atoms with Crippen LogP contribution < -0.4 is 5.32 Å². The molecule has 0 bridgehead atoms. The minimum atomic E-state index is -0.659. The van der Waals surface area contributed by atoms with Crippen LogP contribution in [0.2, 0.25) is 0 Å². The second-order valence-electron chi connectivity index (χ2n) is 9.84. The molecule has 1 unspecified atom stereocenters. The van der Waals surface area contributed by atoms with E-state index < -0.39 is 11.5 Å². The molecule has 0 aromatic heterocycles. The smallest absolute Gasteiger partial charge is 0.407 e. The Labute approximate surface area is 169 Å². The summed E-state index contributed by atoms with van der Waals surface area (Å²) < 4.78 is 15.3. The van der Waals surface area contributed by atoms with Crippen LogP contribution in [0.5, 0.6) is 0 Å². The lowest BCUT2D eigenvalue weighted by molar-refractivity contribution is -0.165. The summed E-state index contributed by atoms with van der Waals surface area (Å²) in [6.07, 6.45) is 0.0311. The van der Waals surface area contributed by atoms with Gasteiger partial charge in [0.2, 0.25) is 0 Å². The number of rotatable bonds is 9. The van der Waals surface area contributed by atoms with Gasteiger partial charge in [-0.05, 0) is 24.2 Å². The Bertz CT molecular complexity index is 530. The zero-order valence-electron chi connectivity index (χ0n) is 19.1. The predicted molar refractivity (Wildman–Crippen MR) is 108 cm³/mol. The molecule has 0 heterocycles. The van der Waals surface area contributed by atoms with E-state index >= 15 is 0 Å². The zero-order valence-corrected chi connectivity index (χ0v) is 19.1. The van der Waals surface area contributed by atoms with Crippen molar-refractivity contribution in [2.45, 2.75) is 68.7 Å². The van der Waals surface area contributed by atoms with Crippen molar-refractivity contribution in [3.63, 3.8) is 0 Å². The fraction of sp³-hybridized carbons (Fsp3) is 0.857. The van der Waals surface area contributed by atoms with Gasteiger partial charge in [0.25, 0.3) is 0 Å². The summed E-state index contributed by atoms with van der Waals surface area (Å²) in [5.74, 6) is -0.822. The lowest BCUT2D eigenvalue weighted by atomic mass is 9.61. The van der Waals surface area contributed by atoms with E-state index in [0.717, 1.165) is 0 Å². The lowest BCUT2D eigenvalue weighted by Gasteiger charge is -2.43. The van der Waals surface area contributed by atoms with Crippen LogP contribution >= 0.6 is 0 Å². The Morgan fingerprint density at radius 2 is 1.36 bits per heavy atom. The largest absolute Gasteiger partial charge is 0.464 e. The quantitative estimate of drug-likeness (QED) is 0.357. The Morgan fingerprint density at radius 3 is 1.82 bits per heavy atom. The molecule has 7 nitrogen and oxygen atoms in total. The molecule has 7 heteroatoms. The van der Waals surface area contributed by atoms with Gasteiger partial charge in [-0.25, -0.2) is 4.79 Å². The number of hydrogen-bond acceptors (Lipinski definition) is 6. The molecule has 0 saturated heterocycles. The highest BCUT2D eigenvalue weighted by atomic mass is 16.6. The van der Waals surface area contributed by atoms with Crippen molar-refractivity contribution >= 4 is 18.0 Å². The van der Waals surface area contributed by atoms with Gasteiger partial charge in [0.15, 0.2) is 0 Å². The van der Waals surface area contributed by atoms with Crippen LogP contribution in [0.25, 0.3) is 0 Å². The highest BCUT2D eigenvalue weighted by Gasteiger charge is 2.47. The normalized spacial score (nSPS) is 14.2. The predicted octanol–water partition coefficient (Wildman–Crippen LogP) is 3.94. The van der Waals surface area contributed by atoms with Crippen LogP contribution in [0.15, 0.2) is 0 Å². The van der Waals surface area contributed by atoms with Crippen molar-refractivity contribution in [2.24, 2.45) is 22.2 Å². The third-order valence-corrected chi connectivity index (χ3v) is 4.63. The molecule has 0 fully saturated rings. The number of ether oxygens (including phenoxy) is 3. The summed E-state index contributed by atoms with van der Waals surface area (Å²) in [4.78, 5) is 35.6. The van der Waals surface area contributed by atoms with Crippen LogP contribution in [0, 0.1) is 22.2 Å². The van der Waals surface area contributed by atoms with Gasteiger partial charge in [-0.3, -0.25) is 9.59 Å². The van der Waals surface area contributed by atoms with Crippen molar-refractivity contribution in [1.29, 1.82) is 0 Å². The first kappa shape index (κ1) is 26.2. The molecule has 0 radical (unpaired) electrons. The number of amides is 1. The molecule has 0 aliphatic carbocycles. The average Bonchev–Trinajstić information content (AvgIpc) is 2.52. The molecule has 0 spiro atoms. The molecular formula is C21H39NO6. The zero-order chi connectivity index (χ0) is 22.2. The van der Waals surface area contributed by atoms with Gasteiger partial charge in [0, 0.05) is 0 Å². The molecule has 0 rings (SSSR count). The molecule has 0 aromatic carbocycles. The molecular weight excluding hydrogens is 362 g/mol. The summed E-state index contributed by atoms with van der Waals surface area (Å²) in [5, 5.41) is 2.47. The number of alkyl carbamates (subject to hydrolysis) is 1. The fourth-order valence-corrected chi connectivity index (χ4v) is 2.65. The Balaban J connectivity index is 4.31. The SMILES string of the molecule is CC(C)C(=O)OCCNC(=O)OCCOC(=O)C(C)(CC(C)(C)C)C(C)(C)C. The van der Waals surface area contributed by atoms with E-state index in [2.05, 4.69) is 26.1 Å². The summed E-state index contributed by atoms with van der Waals surface area (Å²) in [6.45, 7) is 17.9. The molecule has 1 atom stereocenters. The van der Waals surface area contributed by atoms with Crippen LogP contribution in [0.3, 0.4) is 0 Å². The fourth-order valence-electron chi connectivity index (χ4n) is 2.65. The molecule has 28 heavy (non-hydrogen) atoms. The first-order chi connectivity index (χ1) is 12.6. The van der Waals surface area contributed by atoms with Crippen molar-refractivity contribution in [3.8, 4) is 0 Å². The Kier molecular flexibility index (Phi) is 9.99. The number of nitrogens with one attached hydrogen (secondary N) is 1. The van der Waals surface area contributed by atoms with Crippen LogP contribution in [0.4, 0.5) is 4.79 Å². The molecule has 1 N–H and O–H groups in total. The van der Waals surface area contributed by atoms with Gasteiger partial charge < -0.3 is 19.5 Å². The topological polar surface area (TPSA) is 90.9 Å². The Morgan fingerprint density at radius 1 is 0.821 bits per heavy atom. The molecule has 1 amide bonds. The van der Waals surface area contributed by atoms with Crippen molar-refractivity contribution < 1.29 is 28.6 Å². The minimum absolute atomic E-state index is 0.00952. The van der Waals surface area contributed by atoms with E-state index in [1.807, 2.05) is 27.7 Å². The van der Waals surface area contributed by atoms with Crippen molar-refractivity contribution in [2.75, 3.05) is 26.4 Å². The first-order valence-electron chi connectivity index (χ1n) is 9.84. The molecule has 0 aromatic rings. The van der Waals surface area contributed by atoms with Gasteiger partial charge in [0.1, 0.15) is 19.8 Å². The number of esters is 2. The average molecular weight is 402 g/mol. The highest BCUT2D eigenvalue weighted by Crippen LogP contribution is 2.47. The molecule has 0 aliphatic rings. The Hall–Kier alpha value is -1.79. The summed E-state index contributed by atoms with van der Waals surface area (Å²) in [6, 6.07) is 0. The van der Waals surface area contributed by atoms with Gasteiger partial charge in [0.05, 0.1) is 17.9 Å². The van der Waals surface area contributed by atoms with E-state index in [4.69, 9.17) is 14.2 Å². The number of hydrogen-bond donors (Lipinski definition) is 1. The second kappa shape index (κ2) is 10.7. The van der Waals surface area contributed by atoms with E-state index in [9.17, 15) is 14.4 Å². The first-order valence-corrected chi connectivity index (χ1v) is 9.84. The van der Waals surface area contributed by atoms with Crippen LogP contribution in [-0.4, -0.2) is 44.4 Å². The number of carbonyl (C=O) groups excluding carboxylic acids is 3. The summed E-state index contributed by atoms with van der Waals surface area (Å²) in [5.41, 5.74) is -0.965. The van der Waals surface area contributed by atoms with E-state index in [1.54, 1.807) is 13.8 Å². The van der Waals surface area contributed by atoms with Gasteiger partial charge in [-0.15, -0.1) is 0 Å². The van der Waals surface area contributed by atoms with Crippen LogP contribution in [0.1, 0.15) is 68.7 Å². The van der Waals surface area contributed by atoms with Crippen molar-refractivity contribution in [1.82, 2.24) is 5.32 Å². The van der Waals surface area contributed by atoms with Crippen LogP contribution in [-0.2, 0) is 23.8 Å². The van der Waals surface area contributed by atoms with Gasteiger partial charge >= 0.3 is 18.0 Å². The summed E-state index contributed by atoms with van der Waals surface area (Å²) >= 11 is 0. The number of carbonyl (C=O) groups is 3. The maximum absolute atomic E-state index is 12.7. The summed E-state index contributed by atoms with van der Waals surface area (Å²) in [7, 11) is 0. The maximum atomic E-state index is 12.7. The van der Waals surface area contributed by atoms with E-state index in [1.165, 1.54) is 0 Å². The highest BCUT2D eigenvalue weighted by molar-refractivity contribution is 5.77. The third-order valence-electron chi connectivity index (χ3n) is 4.63. The van der Waals surface area contributed by atoms with Gasteiger partial charge in [-0.1, -0.05) is 55.4 Å². The minimum Gasteiger partial charge on any atom is -0.464 e.